The van der Waals surface area contributed by atoms with Crippen molar-refractivity contribution in [3.8, 4) is 0 Å². The Labute approximate surface area is 118 Å². The summed E-state index contributed by atoms with van der Waals surface area (Å²) in [6.07, 6.45) is 4.46. The molecule has 0 saturated heterocycles. The standard InChI is InChI=1S/C15H18N2O3/c1-19-9-6-14-16-7-8-17(14)11-12-4-3-5-13(10-12)15(18)20-2/h3-5,7-8,10H,6,9,11H2,1-2H3. The van der Waals surface area contributed by atoms with Gasteiger partial charge in [0.2, 0.25) is 0 Å². The van der Waals surface area contributed by atoms with E-state index in [0.717, 1.165) is 17.8 Å². The van der Waals surface area contributed by atoms with Crippen LogP contribution in [0.2, 0.25) is 0 Å². The second-order valence-corrected chi connectivity index (χ2v) is 4.41. The van der Waals surface area contributed by atoms with Crippen LogP contribution < -0.4 is 0 Å². The first-order valence-corrected chi connectivity index (χ1v) is 6.41. The summed E-state index contributed by atoms with van der Waals surface area (Å²) < 4.78 is 11.9. The van der Waals surface area contributed by atoms with Crippen LogP contribution >= 0.6 is 0 Å². The molecule has 20 heavy (non-hydrogen) atoms. The van der Waals surface area contributed by atoms with Gasteiger partial charge in [-0.1, -0.05) is 12.1 Å². The smallest absolute Gasteiger partial charge is 0.337 e. The van der Waals surface area contributed by atoms with Crippen LogP contribution in [0.25, 0.3) is 0 Å². The van der Waals surface area contributed by atoms with E-state index in [2.05, 4.69) is 9.55 Å². The molecule has 2 aromatic rings. The molecule has 0 aliphatic carbocycles. The predicted molar refractivity (Wildman–Crippen MR) is 74.7 cm³/mol. The molecule has 0 aliphatic rings. The molecule has 5 nitrogen and oxygen atoms in total. The summed E-state index contributed by atoms with van der Waals surface area (Å²) in [5, 5.41) is 0. The fraction of sp³-hybridized carbons (Fsp3) is 0.333. The number of carbonyl (C=O) groups is 1. The number of hydrogen-bond donors (Lipinski definition) is 0. The van der Waals surface area contributed by atoms with E-state index < -0.39 is 0 Å². The topological polar surface area (TPSA) is 53.4 Å². The molecule has 0 fully saturated rings. The number of carbonyl (C=O) groups excluding carboxylic acids is 1. The van der Waals surface area contributed by atoms with Crippen LogP contribution in [-0.4, -0.2) is 36.3 Å². The summed E-state index contributed by atoms with van der Waals surface area (Å²) in [6, 6.07) is 7.42. The summed E-state index contributed by atoms with van der Waals surface area (Å²) in [6.45, 7) is 1.31. The lowest BCUT2D eigenvalue weighted by atomic mass is 10.1. The third kappa shape index (κ3) is 3.45. The minimum Gasteiger partial charge on any atom is -0.465 e. The van der Waals surface area contributed by atoms with Gasteiger partial charge in [0.1, 0.15) is 5.82 Å². The van der Waals surface area contributed by atoms with Crippen LogP contribution in [0.15, 0.2) is 36.7 Å². The Balaban J connectivity index is 2.14. The van der Waals surface area contributed by atoms with Crippen molar-refractivity contribution in [1.82, 2.24) is 9.55 Å². The first-order chi connectivity index (χ1) is 9.74. The van der Waals surface area contributed by atoms with Crippen molar-refractivity contribution in [1.29, 1.82) is 0 Å². The quantitative estimate of drug-likeness (QED) is 0.755. The molecular formula is C15H18N2O3. The van der Waals surface area contributed by atoms with Crippen molar-refractivity contribution in [2.75, 3.05) is 20.8 Å². The van der Waals surface area contributed by atoms with E-state index in [4.69, 9.17) is 9.47 Å². The van der Waals surface area contributed by atoms with Gasteiger partial charge in [0.25, 0.3) is 0 Å². The van der Waals surface area contributed by atoms with Crippen molar-refractivity contribution in [3.05, 3.63) is 53.6 Å². The number of nitrogens with zero attached hydrogens (tertiary/aromatic N) is 2. The molecule has 1 aromatic carbocycles. The Morgan fingerprint density at radius 2 is 2.20 bits per heavy atom. The number of rotatable bonds is 6. The Morgan fingerprint density at radius 1 is 1.35 bits per heavy atom. The van der Waals surface area contributed by atoms with E-state index in [9.17, 15) is 4.79 Å². The van der Waals surface area contributed by atoms with Gasteiger partial charge in [0.15, 0.2) is 0 Å². The fourth-order valence-corrected chi connectivity index (χ4v) is 2.02. The number of benzene rings is 1. The summed E-state index contributed by atoms with van der Waals surface area (Å²) in [5.41, 5.74) is 1.59. The lowest BCUT2D eigenvalue weighted by Crippen LogP contribution is -2.08. The van der Waals surface area contributed by atoms with Crippen molar-refractivity contribution in [2.45, 2.75) is 13.0 Å². The highest BCUT2D eigenvalue weighted by Crippen LogP contribution is 2.10. The summed E-state index contributed by atoms with van der Waals surface area (Å²) >= 11 is 0. The average Bonchev–Trinajstić information content (AvgIpc) is 2.91. The van der Waals surface area contributed by atoms with E-state index in [1.807, 2.05) is 24.4 Å². The second kappa shape index (κ2) is 6.86. The molecule has 0 aliphatic heterocycles. The predicted octanol–water partition coefficient (Wildman–Crippen LogP) is 1.91. The SMILES string of the molecule is COCCc1nccn1Cc1cccc(C(=O)OC)c1. The molecule has 106 valence electrons. The second-order valence-electron chi connectivity index (χ2n) is 4.41. The Bertz CT molecular complexity index is 578. The van der Waals surface area contributed by atoms with E-state index in [1.54, 1.807) is 19.4 Å². The summed E-state index contributed by atoms with van der Waals surface area (Å²) in [5.74, 6) is 0.646. The van der Waals surface area contributed by atoms with Crippen molar-refractivity contribution < 1.29 is 14.3 Å². The first kappa shape index (κ1) is 14.3. The molecule has 2 rings (SSSR count). The molecule has 5 heteroatoms. The maximum atomic E-state index is 11.5. The molecule has 1 aromatic heterocycles. The number of esters is 1. The molecule has 0 bridgehead atoms. The molecule has 0 atom stereocenters. The van der Waals surface area contributed by atoms with Crippen molar-refractivity contribution in [3.63, 3.8) is 0 Å². The van der Waals surface area contributed by atoms with Crippen LogP contribution in [0.3, 0.4) is 0 Å². The Morgan fingerprint density at radius 3 is 2.95 bits per heavy atom. The molecule has 0 N–H and O–H groups in total. The van der Waals surface area contributed by atoms with E-state index in [1.165, 1.54) is 7.11 Å². The van der Waals surface area contributed by atoms with Gasteiger partial charge in [-0.15, -0.1) is 0 Å². The average molecular weight is 274 g/mol. The summed E-state index contributed by atoms with van der Waals surface area (Å²) in [4.78, 5) is 15.8. The van der Waals surface area contributed by atoms with E-state index in [0.29, 0.717) is 18.7 Å². The molecule has 0 saturated carbocycles. The van der Waals surface area contributed by atoms with Crippen LogP contribution in [0, 0.1) is 0 Å². The zero-order valence-electron chi connectivity index (χ0n) is 11.7. The number of ether oxygens (including phenoxy) is 2. The molecule has 0 spiro atoms. The number of methoxy groups -OCH3 is 2. The number of imidazole rings is 1. The highest BCUT2D eigenvalue weighted by atomic mass is 16.5. The van der Waals surface area contributed by atoms with Gasteiger partial charge in [-0.05, 0) is 17.7 Å². The van der Waals surface area contributed by atoms with Gasteiger partial charge in [-0.25, -0.2) is 9.78 Å². The zero-order valence-corrected chi connectivity index (χ0v) is 11.7. The van der Waals surface area contributed by atoms with Gasteiger partial charge in [-0.3, -0.25) is 0 Å². The third-order valence-electron chi connectivity index (χ3n) is 3.03. The van der Waals surface area contributed by atoms with Gasteiger partial charge >= 0.3 is 5.97 Å². The van der Waals surface area contributed by atoms with Crippen molar-refractivity contribution >= 4 is 5.97 Å². The minimum absolute atomic E-state index is 0.322. The first-order valence-electron chi connectivity index (χ1n) is 6.41. The molecular weight excluding hydrogens is 256 g/mol. The highest BCUT2D eigenvalue weighted by Gasteiger charge is 2.07. The lowest BCUT2D eigenvalue weighted by Gasteiger charge is -2.09. The monoisotopic (exact) mass is 274 g/mol. The van der Waals surface area contributed by atoms with Crippen molar-refractivity contribution in [2.24, 2.45) is 0 Å². The Hall–Kier alpha value is -2.14. The highest BCUT2D eigenvalue weighted by molar-refractivity contribution is 5.89. The van der Waals surface area contributed by atoms with Gasteiger partial charge in [-0.2, -0.15) is 0 Å². The van der Waals surface area contributed by atoms with Gasteiger partial charge in [0.05, 0.1) is 19.3 Å². The fourth-order valence-electron chi connectivity index (χ4n) is 2.02. The zero-order chi connectivity index (χ0) is 14.4. The molecule has 0 unspecified atom stereocenters. The molecule has 0 amide bonds. The normalized spacial score (nSPS) is 10.5. The Kier molecular flexibility index (Phi) is 4.90. The third-order valence-corrected chi connectivity index (χ3v) is 3.03. The van der Waals surface area contributed by atoms with Gasteiger partial charge in [0, 0.05) is 32.5 Å². The minimum atomic E-state index is -0.322. The lowest BCUT2D eigenvalue weighted by molar-refractivity contribution is 0.0600. The van der Waals surface area contributed by atoms with Crippen LogP contribution in [0.5, 0.6) is 0 Å². The summed E-state index contributed by atoms with van der Waals surface area (Å²) in [7, 11) is 3.06. The van der Waals surface area contributed by atoms with E-state index >= 15 is 0 Å². The number of hydrogen-bond acceptors (Lipinski definition) is 4. The van der Waals surface area contributed by atoms with Crippen LogP contribution in [-0.2, 0) is 22.4 Å². The maximum Gasteiger partial charge on any atom is 0.337 e. The molecule has 0 radical (unpaired) electrons. The number of aromatic nitrogens is 2. The van der Waals surface area contributed by atoms with Crippen LogP contribution in [0.1, 0.15) is 21.7 Å². The van der Waals surface area contributed by atoms with E-state index in [-0.39, 0.29) is 5.97 Å². The maximum absolute atomic E-state index is 11.5. The van der Waals surface area contributed by atoms with Crippen LogP contribution in [0.4, 0.5) is 0 Å². The largest absolute Gasteiger partial charge is 0.465 e. The van der Waals surface area contributed by atoms with Gasteiger partial charge < -0.3 is 14.0 Å². The molecule has 1 heterocycles.